The molecule has 0 spiro atoms. The zero-order chi connectivity index (χ0) is 14.8. The van der Waals surface area contributed by atoms with E-state index >= 15 is 0 Å². The Morgan fingerprint density at radius 1 is 1.05 bits per heavy atom. The van der Waals surface area contributed by atoms with Crippen molar-refractivity contribution in [2.45, 2.75) is 25.3 Å². The summed E-state index contributed by atoms with van der Waals surface area (Å²) in [5.74, 6) is 0.607. The van der Waals surface area contributed by atoms with Crippen LogP contribution in [0.4, 0.5) is 0 Å². The fraction of sp³-hybridized carbons (Fsp3) is 0.353. The van der Waals surface area contributed by atoms with Gasteiger partial charge in [0.05, 0.1) is 5.69 Å². The molecule has 0 saturated carbocycles. The number of imidazole rings is 1. The van der Waals surface area contributed by atoms with E-state index in [9.17, 15) is 0 Å². The van der Waals surface area contributed by atoms with Crippen LogP contribution in [0.25, 0.3) is 5.65 Å². The van der Waals surface area contributed by atoms with Crippen LogP contribution in [0.3, 0.4) is 0 Å². The van der Waals surface area contributed by atoms with E-state index in [1.165, 1.54) is 18.5 Å². The van der Waals surface area contributed by atoms with E-state index in [4.69, 9.17) is 0 Å². The highest BCUT2D eigenvalue weighted by Gasteiger charge is 2.22. The number of aromatic nitrogens is 4. The van der Waals surface area contributed by atoms with Gasteiger partial charge in [0, 0.05) is 49.1 Å². The van der Waals surface area contributed by atoms with E-state index in [0.29, 0.717) is 5.92 Å². The second kappa shape index (κ2) is 5.85. The summed E-state index contributed by atoms with van der Waals surface area (Å²) in [6, 6.07) is 6.41. The molecule has 4 heterocycles. The molecule has 0 bridgehead atoms. The molecule has 4 rings (SSSR count). The maximum Gasteiger partial charge on any atom is 0.136 e. The van der Waals surface area contributed by atoms with Gasteiger partial charge in [-0.2, -0.15) is 0 Å². The average molecular weight is 293 g/mol. The Morgan fingerprint density at radius 3 is 2.77 bits per heavy atom. The van der Waals surface area contributed by atoms with Crippen molar-refractivity contribution in [2.24, 2.45) is 0 Å². The number of hydrogen-bond acceptors (Lipinski definition) is 4. The quantitative estimate of drug-likeness (QED) is 0.744. The Labute approximate surface area is 129 Å². The Morgan fingerprint density at radius 2 is 1.95 bits per heavy atom. The molecule has 1 aliphatic heterocycles. The maximum absolute atomic E-state index is 4.38. The number of piperidine rings is 1. The van der Waals surface area contributed by atoms with Crippen molar-refractivity contribution in [3.63, 3.8) is 0 Å². The van der Waals surface area contributed by atoms with Crippen molar-refractivity contribution >= 4 is 5.65 Å². The lowest BCUT2D eigenvalue weighted by Gasteiger charge is -2.32. The molecule has 0 atom stereocenters. The van der Waals surface area contributed by atoms with Gasteiger partial charge in [-0.3, -0.25) is 14.9 Å². The first-order valence-corrected chi connectivity index (χ1v) is 7.79. The van der Waals surface area contributed by atoms with Crippen LogP contribution < -0.4 is 0 Å². The minimum absolute atomic E-state index is 0.607. The van der Waals surface area contributed by atoms with E-state index in [1.807, 2.05) is 12.4 Å². The molecule has 5 nitrogen and oxygen atoms in total. The van der Waals surface area contributed by atoms with Gasteiger partial charge in [-0.1, -0.05) is 6.07 Å². The monoisotopic (exact) mass is 293 g/mol. The number of fused-ring (bicyclic) bond motifs is 1. The molecule has 112 valence electrons. The average Bonchev–Trinajstić information content (AvgIpc) is 3.05. The van der Waals surface area contributed by atoms with Gasteiger partial charge in [0.25, 0.3) is 0 Å². The molecule has 1 saturated heterocycles. The maximum atomic E-state index is 4.38. The van der Waals surface area contributed by atoms with Crippen LogP contribution in [0.1, 0.15) is 30.1 Å². The topological polar surface area (TPSA) is 46.3 Å². The second-order valence-electron chi connectivity index (χ2n) is 5.85. The Hall–Kier alpha value is -2.27. The van der Waals surface area contributed by atoms with Crippen molar-refractivity contribution < 1.29 is 0 Å². The molecule has 0 radical (unpaired) electrons. The zero-order valence-corrected chi connectivity index (χ0v) is 12.5. The van der Waals surface area contributed by atoms with Crippen LogP contribution >= 0.6 is 0 Å². The summed E-state index contributed by atoms with van der Waals surface area (Å²) in [6.07, 6.45) is 11.6. The highest BCUT2D eigenvalue weighted by molar-refractivity contribution is 5.40. The van der Waals surface area contributed by atoms with Gasteiger partial charge in [0.2, 0.25) is 0 Å². The van der Waals surface area contributed by atoms with Crippen LogP contribution in [0.5, 0.6) is 0 Å². The smallest absolute Gasteiger partial charge is 0.136 e. The van der Waals surface area contributed by atoms with Gasteiger partial charge in [0.15, 0.2) is 0 Å². The molecule has 0 N–H and O–H groups in total. The fourth-order valence-corrected chi connectivity index (χ4v) is 3.33. The molecule has 0 aliphatic carbocycles. The Kier molecular flexibility index (Phi) is 3.56. The summed E-state index contributed by atoms with van der Waals surface area (Å²) in [7, 11) is 0. The summed E-state index contributed by atoms with van der Waals surface area (Å²) in [6.45, 7) is 3.11. The van der Waals surface area contributed by atoms with E-state index in [1.54, 1.807) is 12.4 Å². The van der Waals surface area contributed by atoms with E-state index in [-0.39, 0.29) is 0 Å². The first kappa shape index (κ1) is 13.4. The third-order valence-corrected chi connectivity index (χ3v) is 4.47. The summed E-state index contributed by atoms with van der Waals surface area (Å²) < 4.78 is 2.23. The molecule has 5 heteroatoms. The number of hydrogen-bond donors (Lipinski definition) is 0. The summed E-state index contributed by atoms with van der Waals surface area (Å²) in [5.41, 5.74) is 3.48. The molecular weight excluding hydrogens is 274 g/mol. The fourth-order valence-electron chi connectivity index (χ4n) is 3.33. The largest absolute Gasteiger partial charge is 0.304 e. The molecule has 1 aliphatic rings. The van der Waals surface area contributed by atoms with E-state index in [0.717, 1.165) is 31.0 Å². The van der Waals surface area contributed by atoms with Crippen molar-refractivity contribution in [1.29, 1.82) is 0 Å². The second-order valence-corrected chi connectivity index (χ2v) is 5.85. The van der Waals surface area contributed by atoms with Crippen LogP contribution in [0.2, 0.25) is 0 Å². The van der Waals surface area contributed by atoms with Gasteiger partial charge in [-0.05, 0) is 38.1 Å². The first-order chi connectivity index (χ1) is 10.9. The minimum Gasteiger partial charge on any atom is -0.304 e. The lowest BCUT2D eigenvalue weighted by atomic mass is 9.92. The van der Waals surface area contributed by atoms with Crippen molar-refractivity contribution in [1.82, 2.24) is 24.3 Å². The summed E-state index contributed by atoms with van der Waals surface area (Å²) in [4.78, 5) is 15.4. The molecule has 0 aromatic carbocycles. The van der Waals surface area contributed by atoms with Gasteiger partial charge in [-0.15, -0.1) is 0 Å². The van der Waals surface area contributed by atoms with Gasteiger partial charge >= 0.3 is 0 Å². The predicted molar refractivity (Wildman–Crippen MR) is 84.5 cm³/mol. The van der Waals surface area contributed by atoms with E-state index in [2.05, 4.69) is 48.6 Å². The number of rotatable bonds is 3. The molecule has 3 aromatic rings. The van der Waals surface area contributed by atoms with Crippen LogP contribution in [0, 0.1) is 0 Å². The number of likely N-dealkylation sites (tertiary alicyclic amines) is 1. The van der Waals surface area contributed by atoms with Crippen LogP contribution in [0.15, 0.2) is 49.2 Å². The lowest BCUT2D eigenvalue weighted by molar-refractivity contribution is 0.200. The summed E-state index contributed by atoms with van der Waals surface area (Å²) in [5, 5.41) is 0. The molecule has 1 fully saturated rings. The molecule has 0 amide bonds. The molecule has 22 heavy (non-hydrogen) atoms. The van der Waals surface area contributed by atoms with Gasteiger partial charge in [0.1, 0.15) is 5.65 Å². The Balaban J connectivity index is 1.45. The summed E-state index contributed by atoms with van der Waals surface area (Å²) >= 11 is 0. The minimum atomic E-state index is 0.607. The standard InChI is InChI=1S/C17H19N5/c1-2-16(22-11-8-20-17(22)3-1)14-4-9-21(10-5-14)13-15-12-18-6-7-19-15/h1-3,6-8,11-12,14H,4-5,9-10,13H2. The van der Waals surface area contributed by atoms with Crippen LogP contribution in [-0.4, -0.2) is 37.3 Å². The third kappa shape index (κ3) is 2.60. The molecule has 0 unspecified atom stereocenters. The third-order valence-electron chi connectivity index (χ3n) is 4.47. The highest BCUT2D eigenvalue weighted by Crippen LogP contribution is 2.28. The predicted octanol–water partition coefficient (Wildman–Crippen LogP) is 2.50. The van der Waals surface area contributed by atoms with Gasteiger partial charge in [-0.25, -0.2) is 4.98 Å². The van der Waals surface area contributed by atoms with E-state index < -0.39 is 0 Å². The first-order valence-electron chi connectivity index (χ1n) is 7.79. The highest BCUT2D eigenvalue weighted by atomic mass is 15.1. The molecular formula is C17H19N5. The van der Waals surface area contributed by atoms with Crippen LogP contribution in [-0.2, 0) is 6.54 Å². The normalized spacial score (nSPS) is 17.1. The van der Waals surface area contributed by atoms with Gasteiger partial charge < -0.3 is 4.40 Å². The van der Waals surface area contributed by atoms with Crippen molar-refractivity contribution in [3.8, 4) is 0 Å². The lowest BCUT2D eigenvalue weighted by Crippen LogP contribution is -2.33. The molecule has 3 aromatic heterocycles. The SMILES string of the molecule is c1cc(C2CCN(Cc3cnccn3)CC2)n2ccnc2c1. The van der Waals surface area contributed by atoms with Crippen molar-refractivity contribution in [2.75, 3.05) is 13.1 Å². The zero-order valence-electron chi connectivity index (χ0n) is 12.5. The van der Waals surface area contributed by atoms with Crippen molar-refractivity contribution in [3.05, 3.63) is 60.6 Å². The Bertz CT molecular complexity index is 744. The number of pyridine rings is 1. The number of nitrogens with zero attached hydrogens (tertiary/aromatic N) is 5.